The summed E-state index contributed by atoms with van der Waals surface area (Å²) < 4.78 is 26.5. The Morgan fingerprint density at radius 2 is 1.79 bits per heavy atom. The Labute approximate surface area is 115 Å². The second-order valence-corrected chi connectivity index (χ2v) is 5.11. The maximum absolute atomic E-state index is 13.5. The number of halogens is 2. The molecule has 0 aliphatic rings. The van der Waals surface area contributed by atoms with Crippen LogP contribution in [0.5, 0.6) is 0 Å². The van der Waals surface area contributed by atoms with Gasteiger partial charge in [0, 0.05) is 11.3 Å². The van der Waals surface area contributed by atoms with E-state index in [0.29, 0.717) is 5.56 Å². The van der Waals surface area contributed by atoms with Crippen LogP contribution < -0.4 is 0 Å². The van der Waals surface area contributed by atoms with E-state index in [9.17, 15) is 13.9 Å². The molecule has 0 aliphatic heterocycles. The van der Waals surface area contributed by atoms with E-state index in [4.69, 9.17) is 0 Å². The van der Waals surface area contributed by atoms with Crippen molar-refractivity contribution in [3.8, 4) is 0 Å². The van der Waals surface area contributed by atoms with Gasteiger partial charge >= 0.3 is 0 Å². The molecule has 0 aliphatic carbocycles. The van der Waals surface area contributed by atoms with Crippen LogP contribution in [0.4, 0.5) is 8.78 Å². The van der Waals surface area contributed by atoms with Crippen molar-refractivity contribution in [1.29, 1.82) is 0 Å². The number of aliphatic hydroxyl groups excluding tert-OH is 1. The van der Waals surface area contributed by atoms with Gasteiger partial charge in [-0.25, -0.2) is 8.78 Å². The van der Waals surface area contributed by atoms with Crippen molar-refractivity contribution >= 4 is 11.8 Å². The summed E-state index contributed by atoms with van der Waals surface area (Å²) in [5.41, 5.74) is 0.878. The molecule has 0 bridgehead atoms. The molecule has 0 spiro atoms. The molecule has 0 heterocycles. The van der Waals surface area contributed by atoms with E-state index in [1.807, 2.05) is 18.4 Å². The highest BCUT2D eigenvalue weighted by Crippen LogP contribution is 2.23. The fourth-order valence-corrected chi connectivity index (χ4v) is 2.26. The van der Waals surface area contributed by atoms with Crippen LogP contribution in [0.2, 0.25) is 0 Å². The third-order valence-electron chi connectivity index (χ3n) is 2.92. The minimum absolute atomic E-state index is 0.0577. The first-order valence-corrected chi connectivity index (χ1v) is 7.08. The molecule has 19 heavy (non-hydrogen) atoms. The minimum atomic E-state index is -0.841. The molecule has 100 valence electrons. The molecule has 1 nitrogen and oxygen atoms in total. The summed E-state index contributed by atoms with van der Waals surface area (Å²) >= 11 is 1.61. The lowest BCUT2D eigenvalue weighted by Crippen LogP contribution is -2.04. The quantitative estimate of drug-likeness (QED) is 0.855. The van der Waals surface area contributed by atoms with Gasteiger partial charge in [-0.2, -0.15) is 0 Å². The second kappa shape index (κ2) is 6.17. The summed E-state index contributed by atoms with van der Waals surface area (Å²) in [6.45, 7) is 0. The molecule has 4 heteroatoms. The highest BCUT2D eigenvalue weighted by atomic mass is 32.2. The standard InChI is InChI=1S/C15H14F2OS/c1-19-13-5-2-10(3-6-13)15(18)9-11-8-12(16)4-7-14(11)17/h2-8,15,18H,9H2,1H3. The fraction of sp³-hybridized carbons (Fsp3) is 0.200. The average Bonchev–Trinajstić information content (AvgIpc) is 2.43. The molecule has 1 N–H and O–H groups in total. The Bertz CT molecular complexity index is 555. The fourth-order valence-electron chi connectivity index (χ4n) is 1.85. The number of aliphatic hydroxyl groups is 1. The molecule has 1 unspecified atom stereocenters. The Balaban J connectivity index is 2.15. The van der Waals surface area contributed by atoms with Crippen LogP contribution in [0.15, 0.2) is 47.4 Å². The van der Waals surface area contributed by atoms with Crippen molar-refractivity contribution in [3.63, 3.8) is 0 Å². The zero-order valence-electron chi connectivity index (χ0n) is 10.4. The normalized spacial score (nSPS) is 12.4. The van der Waals surface area contributed by atoms with Crippen molar-refractivity contribution < 1.29 is 13.9 Å². The molecule has 2 aromatic rings. The lowest BCUT2D eigenvalue weighted by atomic mass is 10.0. The summed E-state index contributed by atoms with van der Waals surface area (Å²) in [4.78, 5) is 1.09. The average molecular weight is 280 g/mol. The van der Waals surface area contributed by atoms with Gasteiger partial charge in [0.15, 0.2) is 0 Å². The maximum atomic E-state index is 13.5. The van der Waals surface area contributed by atoms with Gasteiger partial charge in [0.05, 0.1) is 6.10 Å². The van der Waals surface area contributed by atoms with E-state index in [1.165, 1.54) is 0 Å². The van der Waals surface area contributed by atoms with Gasteiger partial charge in [-0.1, -0.05) is 12.1 Å². The van der Waals surface area contributed by atoms with E-state index in [2.05, 4.69) is 0 Å². The van der Waals surface area contributed by atoms with Gasteiger partial charge in [0.25, 0.3) is 0 Å². The van der Waals surface area contributed by atoms with Gasteiger partial charge in [-0.15, -0.1) is 11.8 Å². The van der Waals surface area contributed by atoms with Gasteiger partial charge in [0.1, 0.15) is 11.6 Å². The Morgan fingerprint density at radius 3 is 2.42 bits per heavy atom. The van der Waals surface area contributed by atoms with Gasteiger partial charge in [-0.05, 0) is 47.7 Å². The lowest BCUT2D eigenvalue weighted by molar-refractivity contribution is 0.177. The molecule has 0 fully saturated rings. The molecule has 0 saturated carbocycles. The zero-order valence-corrected chi connectivity index (χ0v) is 11.3. The molecule has 2 aromatic carbocycles. The van der Waals surface area contributed by atoms with Crippen molar-refractivity contribution in [2.45, 2.75) is 17.4 Å². The Morgan fingerprint density at radius 1 is 1.11 bits per heavy atom. The van der Waals surface area contributed by atoms with Crippen molar-refractivity contribution in [2.24, 2.45) is 0 Å². The predicted octanol–water partition coefficient (Wildman–Crippen LogP) is 3.96. The smallest absolute Gasteiger partial charge is 0.126 e. The van der Waals surface area contributed by atoms with Crippen LogP contribution >= 0.6 is 11.8 Å². The highest BCUT2D eigenvalue weighted by molar-refractivity contribution is 7.98. The Kier molecular flexibility index (Phi) is 4.56. The monoisotopic (exact) mass is 280 g/mol. The van der Waals surface area contributed by atoms with E-state index in [0.717, 1.165) is 23.1 Å². The van der Waals surface area contributed by atoms with Gasteiger partial charge in [-0.3, -0.25) is 0 Å². The molecule has 0 saturated heterocycles. The van der Waals surface area contributed by atoms with Crippen LogP contribution in [0.25, 0.3) is 0 Å². The van der Waals surface area contributed by atoms with Crippen molar-refractivity contribution in [2.75, 3.05) is 6.26 Å². The largest absolute Gasteiger partial charge is 0.388 e. The third-order valence-corrected chi connectivity index (χ3v) is 3.67. The van der Waals surface area contributed by atoms with Crippen LogP contribution in [-0.4, -0.2) is 11.4 Å². The first kappa shape index (κ1) is 14.0. The Hall–Kier alpha value is -1.39. The third kappa shape index (κ3) is 3.55. The zero-order chi connectivity index (χ0) is 13.8. The number of rotatable bonds is 4. The van der Waals surface area contributed by atoms with Gasteiger partial charge in [0.2, 0.25) is 0 Å². The van der Waals surface area contributed by atoms with Crippen LogP contribution in [0.3, 0.4) is 0 Å². The maximum Gasteiger partial charge on any atom is 0.126 e. The summed E-state index contributed by atoms with van der Waals surface area (Å²) in [6, 6.07) is 10.7. The van der Waals surface area contributed by atoms with Crippen LogP contribution in [0, 0.1) is 11.6 Å². The van der Waals surface area contributed by atoms with Crippen molar-refractivity contribution in [3.05, 3.63) is 65.2 Å². The van der Waals surface area contributed by atoms with E-state index >= 15 is 0 Å². The van der Waals surface area contributed by atoms with E-state index in [-0.39, 0.29) is 12.0 Å². The SMILES string of the molecule is CSc1ccc(C(O)Cc2cc(F)ccc2F)cc1. The molecule has 0 aromatic heterocycles. The predicted molar refractivity (Wildman–Crippen MR) is 73.2 cm³/mol. The summed E-state index contributed by atoms with van der Waals surface area (Å²) in [5.74, 6) is -0.998. The molecular formula is C15H14F2OS. The molecule has 0 radical (unpaired) electrons. The topological polar surface area (TPSA) is 20.2 Å². The van der Waals surface area contributed by atoms with E-state index in [1.54, 1.807) is 23.9 Å². The number of hydrogen-bond acceptors (Lipinski definition) is 2. The summed E-state index contributed by atoms with van der Waals surface area (Å²) in [5, 5.41) is 10.1. The number of hydrogen-bond donors (Lipinski definition) is 1. The first-order chi connectivity index (χ1) is 9.10. The van der Waals surface area contributed by atoms with Crippen molar-refractivity contribution in [1.82, 2.24) is 0 Å². The molecular weight excluding hydrogens is 266 g/mol. The van der Waals surface area contributed by atoms with E-state index < -0.39 is 17.7 Å². The minimum Gasteiger partial charge on any atom is -0.388 e. The highest BCUT2D eigenvalue weighted by Gasteiger charge is 2.12. The molecule has 2 rings (SSSR count). The van der Waals surface area contributed by atoms with Gasteiger partial charge < -0.3 is 5.11 Å². The second-order valence-electron chi connectivity index (χ2n) is 4.23. The first-order valence-electron chi connectivity index (χ1n) is 5.86. The number of thioether (sulfide) groups is 1. The summed E-state index contributed by atoms with van der Waals surface area (Å²) in [6.07, 6.45) is 1.18. The number of benzene rings is 2. The molecule has 1 atom stereocenters. The lowest BCUT2D eigenvalue weighted by Gasteiger charge is -2.12. The van der Waals surface area contributed by atoms with Crippen LogP contribution in [0.1, 0.15) is 17.2 Å². The molecule has 0 amide bonds. The van der Waals surface area contributed by atoms with Crippen LogP contribution in [-0.2, 0) is 6.42 Å². The summed E-state index contributed by atoms with van der Waals surface area (Å²) in [7, 11) is 0.